The molecule has 0 aliphatic heterocycles. The van der Waals surface area contributed by atoms with E-state index in [0.717, 1.165) is 17.1 Å². The van der Waals surface area contributed by atoms with Crippen molar-refractivity contribution in [1.82, 2.24) is 9.55 Å². The van der Waals surface area contributed by atoms with Crippen LogP contribution < -0.4 is 11.5 Å². The lowest BCUT2D eigenvalue weighted by molar-refractivity contribution is 1.07. The molecule has 1 aromatic heterocycles. The number of benzene rings is 2. The Kier molecular flexibility index (Phi) is 2.68. The SMILES string of the molecule is Nc1ccccc1-c1nccn1-c1ccccc1N. The number of aromatic nitrogens is 2. The Bertz CT molecular complexity index is 655. The van der Waals surface area contributed by atoms with Crippen molar-refractivity contribution in [2.45, 2.75) is 0 Å². The third-order valence-electron chi connectivity index (χ3n) is 3.04. The van der Waals surface area contributed by atoms with Crippen LogP contribution in [0.2, 0.25) is 0 Å². The molecule has 0 unspecified atom stereocenters. The Hall–Kier alpha value is -2.75. The van der Waals surface area contributed by atoms with E-state index in [1.54, 1.807) is 6.20 Å². The van der Waals surface area contributed by atoms with Gasteiger partial charge in [0.2, 0.25) is 0 Å². The molecule has 0 spiro atoms. The lowest BCUT2D eigenvalue weighted by atomic mass is 10.1. The summed E-state index contributed by atoms with van der Waals surface area (Å²) in [4.78, 5) is 4.39. The summed E-state index contributed by atoms with van der Waals surface area (Å²) in [6, 6.07) is 15.3. The monoisotopic (exact) mass is 250 g/mol. The summed E-state index contributed by atoms with van der Waals surface area (Å²) in [7, 11) is 0. The molecular formula is C15H14N4. The molecule has 0 saturated heterocycles. The highest BCUT2D eigenvalue weighted by atomic mass is 15.1. The van der Waals surface area contributed by atoms with Crippen molar-refractivity contribution in [2.75, 3.05) is 11.5 Å². The maximum Gasteiger partial charge on any atom is 0.146 e. The predicted octanol–water partition coefficient (Wildman–Crippen LogP) is 2.70. The first-order valence-electron chi connectivity index (χ1n) is 6.00. The summed E-state index contributed by atoms with van der Waals surface area (Å²) >= 11 is 0. The Labute approximate surface area is 111 Å². The van der Waals surface area contributed by atoms with Crippen molar-refractivity contribution in [1.29, 1.82) is 0 Å². The van der Waals surface area contributed by atoms with E-state index in [2.05, 4.69) is 4.98 Å². The molecular weight excluding hydrogens is 236 g/mol. The first-order valence-corrected chi connectivity index (χ1v) is 6.00. The van der Waals surface area contributed by atoms with E-state index < -0.39 is 0 Å². The molecule has 0 aliphatic carbocycles. The molecule has 0 saturated carbocycles. The zero-order valence-electron chi connectivity index (χ0n) is 10.3. The molecule has 2 aromatic carbocycles. The number of nitrogens with zero attached hydrogens (tertiary/aromatic N) is 2. The number of hydrogen-bond donors (Lipinski definition) is 2. The van der Waals surface area contributed by atoms with Crippen molar-refractivity contribution in [3.8, 4) is 17.1 Å². The lowest BCUT2D eigenvalue weighted by Gasteiger charge is -2.11. The minimum absolute atomic E-state index is 0.699. The third-order valence-corrected chi connectivity index (χ3v) is 3.04. The number of para-hydroxylation sites is 3. The van der Waals surface area contributed by atoms with Gasteiger partial charge in [-0.1, -0.05) is 24.3 Å². The molecule has 4 N–H and O–H groups in total. The molecule has 94 valence electrons. The standard InChI is InChI=1S/C15H14N4/c16-12-6-2-1-5-11(12)15-18-9-10-19(15)14-8-4-3-7-13(14)17/h1-10H,16-17H2. The molecule has 19 heavy (non-hydrogen) atoms. The highest BCUT2D eigenvalue weighted by Gasteiger charge is 2.11. The molecule has 0 bridgehead atoms. The van der Waals surface area contributed by atoms with Crippen molar-refractivity contribution in [3.05, 3.63) is 60.9 Å². The van der Waals surface area contributed by atoms with Crippen molar-refractivity contribution in [3.63, 3.8) is 0 Å². The van der Waals surface area contributed by atoms with Gasteiger partial charge in [-0.15, -0.1) is 0 Å². The quantitative estimate of drug-likeness (QED) is 0.687. The van der Waals surface area contributed by atoms with Gasteiger partial charge in [0.1, 0.15) is 5.82 Å². The summed E-state index contributed by atoms with van der Waals surface area (Å²) in [5.74, 6) is 0.788. The first-order chi connectivity index (χ1) is 9.27. The number of hydrogen-bond acceptors (Lipinski definition) is 3. The number of imidazole rings is 1. The van der Waals surface area contributed by atoms with Gasteiger partial charge in [-0.05, 0) is 24.3 Å². The number of nitrogen functional groups attached to an aromatic ring is 2. The smallest absolute Gasteiger partial charge is 0.146 e. The van der Waals surface area contributed by atoms with E-state index >= 15 is 0 Å². The lowest BCUT2D eigenvalue weighted by Crippen LogP contribution is -2.02. The Morgan fingerprint density at radius 3 is 2.26 bits per heavy atom. The van der Waals surface area contributed by atoms with Gasteiger partial charge in [0, 0.05) is 23.6 Å². The molecule has 0 atom stereocenters. The maximum atomic E-state index is 6.02. The fraction of sp³-hybridized carbons (Fsp3) is 0. The van der Waals surface area contributed by atoms with Crippen LogP contribution in [-0.2, 0) is 0 Å². The Morgan fingerprint density at radius 2 is 1.53 bits per heavy atom. The molecule has 4 nitrogen and oxygen atoms in total. The third kappa shape index (κ3) is 1.93. The van der Waals surface area contributed by atoms with Crippen molar-refractivity contribution >= 4 is 11.4 Å². The zero-order chi connectivity index (χ0) is 13.2. The highest BCUT2D eigenvalue weighted by Crippen LogP contribution is 2.28. The highest BCUT2D eigenvalue weighted by molar-refractivity contribution is 5.74. The van der Waals surface area contributed by atoms with Gasteiger partial charge in [0.15, 0.2) is 0 Å². The summed E-state index contributed by atoms with van der Waals surface area (Å²) in [5, 5.41) is 0. The summed E-state index contributed by atoms with van der Waals surface area (Å²) in [6.07, 6.45) is 3.63. The van der Waals surface area contributed by atoms with E-state index in [9.17, 15) is 0 Å². The minimum atomic E-state index is 0.699. The number of nitrogens with two attached hydrogens (primary N) is 2. The predicted molar refractivity (Wildman–Crippen MR) is 77.8 cm³/mol. The Balaban J connectivity index is 2.20. The van der Waals surface area contributed by atoms with Gasteiger partial charge in [0.25, 0.3) is 0 Å². The van der Waals surface area contributed by atoms with Crippen LogP contribution in [0.4, 0.5) is 11.4 Å². The molecule has 0 amide bonds. The fourth-order valence-electron chi connectivity index (χ4n) is 2.10. The van der Waals surface area contributed by atoms with Gasteiger partial charge in [-0.2, -0.15) is 0 Å². The van der Waals surface area contributed by atoms with Gasteiger partial charge >= 0.3 is 0 Å². The zero-order valence-corrected chi connectivity index (χ0v) is 10.3. The van der Waals surface area contributed by atoms with Crippen LogP contribution in [0.3, 0.4) is 0 Å². The molecule has 0 fully saturated rings. The van der Waals surface area contributed by atoms with E-state index in [1.807, 2.05) is 59.3 Å². The van der Waals surface area contributed by atoms with Crippen molar-refractivity contribution < 1.29 is 0 Å². The normalized spacial score (nSPS) is 10.5. The topological polar surface area (TPSA) is 69.9 Å². The number of rotatable bonds is 2. The number of anilines is 2. The first kappa shape index (κ1) is 11.3. The second-order valence-electron chi connectivity index (χ2n) is 4.27. The summed E-state index contributed by atoms with van der Waals surface area (Å²) < 4.78 is 1.95. The van der Waals surface area contributed by atoms with Gasteiger partial charge in [-0.3, -0.25) is 4.57 Å². The maximum absolute atomic E-state index is 6.02. The average Bonchev–Trinajstić information content (AvgIpc) is 2.89. The van der Waals surface area contributed by atoms with Gasteiger partial charge in [-0.25, -0.2) is 4.98 Å². The average molecular weight is 250 g/mol. The van der Waals surface area contributed by atoms with E-state index in [-0.39, 0.29) is 0 Å². The second-order valence-corrected chi connectivity index (χ2v) is 4.27. The van der Waals surface area contributed by atoms with Crippen LogP contribution in [0.1, 0.15) is 0 Å². The molecule has 0 radical (unpaired) electrons. The van der Waals surface area contributed by atoms with Gasteiger partial charge < -0.3 is 11.5 Å². The minimum Gasteiger partial charge on any atom is -0.398 e. The van der Waals surface area contributed by atoms with Crippen LogP contribution in [0.25, 0.3) is 17.1 Å². The van der Waals surface area contributed by atoms with Crippen LogP contribution >= 0.6 is 0 Å². The van der Waals surface area contributed by atoms with Crippen LogP contribution in [-0.4, -0.2) is 9.55 Å². The van der Waals surface area contributed by atoms with Crippen LogP contribution in [0.15, 0.2) is 60.9 Å². The van der Waals surface area contributed by atoms with E-state index in [4.69, 9.17) is 11.5 Å². The van der Waals surface area contributed by atoms with Crippen LogP contribution in [0, 0.1) is 0 Å². The van der Waals surface area contributed by atoms with Crippen LogP contribution in [0.5, 0.6) is 0 Å². The Morgan fingerprint density at radius 1 is 0.842 bits per heavy atom. The second kappa shape index (κ2) is 4.49. The molecule has 4 heteroatoms. The molecule has 0 aliphatic rings. The van der Waals surface area contributed by atoms with E-state index in [1.165, 1.54) is 0 Å². The summed E-state index contributed by atoms with van der Waals surface area (Å²) in [6.45, 7) is 0. The molecule has 1 heterocycles. The van der Waals surface area contributed by atoms with E-state index in [0.29, 0.717) is 11.4 Å². The summed E-state index contributed by atoms with van der Waals surface area (Å²) in [5.41, 5.74) is 15.2. The molecule has 3 rings (SSSR count). The largest absolute Gasteiger partial charge is 0.398 e. The molecule has 3 aromatic rings. The fourth-order valence-corrected chi connectivity index (χ4v) is 2.10. The van der Waals surface area contributed by atoms with Crippen molar-refractivity contribution in [2.24, 2.45) is 0 Å². The van der Waals surface area contributed by atoms with Gasteiger partial charge in [0.05, 0.1) is 11.4 Å².